The summed E-state index contributed by atoms with van der Waals surface area (Å²) in [7, 11) is -2.84. The SMILES string of the molecule is Cc1cc(OCCCC(=O)NCCNC(=O)[C@H](CSOOO)NC(=O)CCSOOO)cc(C)c1S(=O)(=O)N[C@@H](CNC(=O)c1cn(C)c2cc(CNc3ncc[nH]3)ccc2c1=O)C(=O)O. The molecule has 28 heteroatoms. The van der Waals surface area contributed by atoms with E-state index in [1.165, 1.54) is 32.2 Å². The first kappa shape index (κ1) is 52.8. The minimum Gasteiger partial charge on any atom is -0.494 e. The molecule has 4 aromatic rings. The first-order valence-corrected chi connectivity index (χ1v) is 23.0. The second-order valence-corrected chi connectivity index (χ2v) is 17.2. The summed E-state index contributed by atoms with van der Waals surface area (Å²) in [5.41, 5.74) is 0.957. The number of aliphatic carboxylic acids is 1. The smallest absolute Gasteiger partial charge is 0.323 e. The monoisotopic (exact) mass is 983 g/mol. The number of fused-ring (bicyclic) bond motifs is 1. The summed E-state index contributed by atoms with van der Waals surface area (Å²) in [6.45, 7) is 2.80. The largest absolute Gasteiger partial charge is 0.494 e. The van der Waals surface area contributed by atoms with Crippen molar-refractivity contribution in [3.8, 4) is 5.75 Å². The molecule has 0 unspecified atom stereocenters. The number of carboxylic acid groups (broad SMARTS) is 1. The van der Waals surface area contributed by atoms with Crippen molar-refractivity contribution >= 4 is 80.6 Å². The fourth-order valence-corrected chi connectivity index (χ4v) is 8.75. The number of hydrogen-bond donors (Lipinski definition) is 10. The van der Waals surface area contributed by atoms with Crippen LogP contribution in [0.3, 0.4) is 0 Å². The summed E-state index contributed by atoms with van der Waals surface area (Å²) in [6, 6.07) is 5.04. The zero-order valence-corrected chi connectivity index (χ0v) is 38.1. The minimum absolute atomic E-state index is 0.00148. The van der Waals surface area contributed by atoms with E-state index in [4.69, 9.17) is 15.3 Å². The third-order valence-electron chi connectivity index (χ3n) is 9.24. The maximum Gasteiger partial charge on any atom is 0.323 e. The van der Waals surface area contributed by atoms with Gasteiger partial charge >= 0.3 is 5.97 Å². The van der Waals surface area contributed by atoms with E-state index in [1.54, 1.807) is 42.2 Å². The van der Waals surface area contributed by atoms with E-state index < -0.39 is 57.8 Å². The highest BCUT2D eigenvalue weighted by atomic mass is 32.2. The van der Waals surface area contributed by atoms with Gasteiger partial charge in [-0.25, -0.2) is 23.9 Å². The van der Waals surface area contributed by atoms with Crippen molar-refractivity contribution in [1.82, 2.24) is 40.5 Å². The lowest BCUT2D eigenvalue weighted by molar-refractivity contribution is -0.432. The number of aromatic amines is 1. The predicted molar refractivity (Wildman–Crippen MR) is 237 cm³/mol. The molecule has 10 N–H and O–H groups in total. The van der Waals surface area contributed by atoms with Gasteiger partial charge in [0.05, 0.1) is 22.8 Å². The molecule has 4 rings (SSSR count). The third-order valence-corrected chi connectivity index (χ3v) is 12.2. The predicted octanol–water partition coefficient (Wildman–Crippen LogP) is 1.06. The normalized spacial score (nSPS) is 12.3. The molecule has 0 aliphatic heterocycles. The van der Waals surface area contributed by atoms with Crippen molar-refractivity contribution in [3.63, 3.8) is 0 Å². The van der Waals surface area contributed by atoms with Crippen LogP contribution in [0.15, 0.2) is 58.6 Å². The molecule has 0 fully saturated rings. The molecular formula is C38H49N9O16S3. The van der Waals surface area contributed by atoms with Crippen molar-refractivity contribution < 1.29 is 71.5 Å². The summed E-state index contributed by atoms with van der Waals surface area (Å²) in [5, 5.41) is 46.7. The highest BCUT2D eigenvalue weighted by molar-refractivity contribution is 7.94. The van der Waals surface area contributed by atoms with Crippen LogP contribution in [0, 0.1) is 13.8 Å². The van der Waals surface area contributed by atoms with Gasteiger partial charge in [-0.1, -0.05) is 16.1 Å². The number of anilines is 1. The molecule has 25 nitrogen and oxygen atoms in total. The zero-order chi connectivity index (χ0) is 48.2. The van der Waals surface area contributed by atoms with E-state index in [2.05, 4.69) is 60.0 Å². The van der Waals surface area contributed by atoms with E-state index in [0.29, 0.717) is 42.1 Å². The van der Waals surface area contributed by atoms with Gasteiger partial charge in [0.25, 0.3) is 5.91 Å². The highest BCUT2D eigenvalue weighted by Crippen LogP contribution is 2.26. The van der Waals surface area contributed by atoms with Crippen LogP contribution in [0.5, 0.6) is 5.75 Å². The van der Waals surface area contributed by atoms with Gasteiger partial charge in [0.2, 0.25) is 33.2 Å². The highest BCUT2D eigenvalue weighted by Gasteiger charge is 2.29. The number of nitrogens with zero attached hydrogens (tertiary/aromatic N) is 2. The molecule has 0 bridgehead atoms. The van der Waals surface area contributed by atoms with Crippen LogP contribution >= 0.6 is 24.1 Å². The van der Waals surface area contributed by atoms with Gasteiger partial charge in [0.1, 0.15) is 23.4 Å². The molecule has 2 heterocycles. The van der Waals surface area contributed by atoms with Crippen LogP contribution in [0.2, 0.25) is 0 Å². The summed E-state index contributed by atoms with van der Waals surface area (Å²) in [4.78, 5) is 82.8. The van der Waals surface area contributed by atoms with Crippen molar-refractivity contribution in [2.24, 2.45) is 7.05 Å². The lowest BCUT2D eigenvalue weighted by Gasteiger charge is -2.19. The van der Waals surface area contributed by atoms with E-state index in [0.717, 1.165) is 5.56 Å². The van der Waals surface area contributed by atoms with Crippen LogP contribution in [-0.4, -0.2) is 118 Å². The maximum atomic E-state index is 13.6. The summed E-state index contributed by atoms with van der Waals surface area (Å²) in [5.74, 6) is -3.21. The molecule has 2 aromatic carbocycles. The Balaban J connectivity index is 1.24. The molecule has 0 spiro atoms. The average molecular weight is 984 g/mol. The van der Waals surface area contributed by atoms with Gasteiger partial charge in [-0.05, 0) is 61.2 Å². The number of rotatable bonds is 29. The fourth-order valence-electron chi connectivity index (χ4n) is 6.26. The van der Waals surface area contributed by atoms with Crippen LogP contribution in [0.4, 0.5) is 5.95 Å². The Morgan fingerprint density at radius 1 is 0.924 bits per heavy atom. The van der Waals surface area contributed by atoms with Crippen molar-refractivity contribution in [2.45, 2.75) is 56.6 Å². The van der Waals surface area contributed by atoms with Crippen molar-refractivity contribution in [2.75, 3.05) is 43.1 Å². The minimum atomic E-state index is -4.49. The Bertz CT molecular complexity index is 2450. The molecule has 0 saturated carbocycles. The van der Waals surface area contributed by atoms with Crippen LogP contribution in [0.25, 0.3) is 10.9 Å². The van der Waals surface area contributed by atoms with E-state index in [9.17, 15) is 42.3 Å². The molecule has 66 heavy (non-hydrogen) atoms. The number of hydrogen-bond acceptors (Lipinski definition) is 19. The number of nitrogens with one attached hydrogen (secondary N) is 7. The molecule has 2 aromatic heterocycles. The van der Waals surface area contributed by atoms with Crippen LogP contribution in [-0.2, 0) is 61.5 Å². The van der Waals surface area contributed by atoms with E-state index in [1.807, 2.05) is 0 Å². The van der Waals surface area contributed by atoms with E-state index in [-0.39, 0.29) is 89.1 Å². The van der Waals surface area contributed by atoms with Gasteiger partial charge in [0, 0.05) is 99.9 Å². The van der Waals surface area contributed by atoms with Gasteiger partial charge in [0.15, 0.2) is 5.95 Å². The quantitative estimate of drug-likeness (QED) is 0.0157. The number of benzene rings is 2. The molecule has 360 valence electrons. The lowest BCUT2D eigenvalue weighted by Crippen LogP contribution is -2.49. The standard InChI is InChI=1S/C38H49N9O16S3/c1-22-15-25(59-13-4-5-31(48)39-9-10-40-36(52)29(21-65-63-61-56)45-32(49)8-14-64-62-60-55)16-23(2)34(22)66(57,58)46-28(37(53)54)19-43-35(51)27-20-47(3)30-17-24(6-7-26(30)33(27)50)18-44-38-41-11-12-42-38/h6-7,11-12,15-17,20,28-29,46,55-56H,4-5,8-10,13-14,18-19,21H2,1-3H3,(H,39,48)(H,40,52)(H,43,51)(H,45,49)(H,53,54)(H2,41,42,44)/t28-,29-/m0/s1. The molecular weight excluding hydrogens is 935 g/mol. The molecule has 4 amide bonds. The third kappa shape index (κ3) is 16.3. The topological polar surface area (TPSA) is 349 Å². The number of sulfonamides is 1. The van der Waals surface area contributed by atoms with Crippen LogP contribution < -0.4 is 41.5 Å². The number of aromatic nitrogens is 3. The van der Waals surface area contributed by atoms with Crippen molar-refractivity contribution in [3.05, 3.63) is 81.4 Å². The maximum absolute atomic E-state index is 13.6. The molecule has 2 atom stereocenters. The Kier molecular flexibility index (Phi) is 21.1. The summed E-state index contributed by atoms with van der Waals surface area (Å²) in [6.07, 6.45) is 4.78. The number of carbonyl (C=O) groups excluding carboxylic acids is 4. The fraction of sp³-hybridized carbons (Fsp3) is 0.395. The van der Waals surface area contributed by atoms with Gasteiger partial charge in [-0.3, -0.25) is 28.8 Å². The Morgan fingerprint density at radius 3 is 2.32 bits per heavy atom. The lowest BCUT2D eigenvalue weighted by atomic mass is 10.1. The number of carbonyl (C=O) groups is 5. The molecule has 0 saturated heterocycles. The van der Waals surface area contributed by atoms with Gasteiger partial charge in [-0.15, -0.1) is 8.67 Å². The number of pyridine rings is 1. The number of amides is 4. The Labute approximate surface area is 385 Å². The number of imidazole rings is 1. The Hall–Kier alpha value is -5.82. The van der Waals surface area contributed by atoms with Gasteiger partial charge < -0.3 is 46.0 Å². The number of carboxylic acids is 1. The summed E-state index contributed by atoms with van der Waals surface area (Å²) < 4.78 is 45.0. The number of aryl methyl sites for hydroxylation is 3. The average Bonchev–Trinajstić information content (AvgIpc) is 3.80. The number of ether oxygens (including phenoxy) is 1. The molecule has 0 aliphatic carbocycles. The summed E-state index contributed by atoms with van der Waals surface area (Å²) >= 11 is 1.19. The van der Waals surface area contributed by atoms with E-state index >= 15 is 0 Å². The second-order valence-electron chi connectivity index (χ2n) is 14.1. The number of H-pyrrole nitrogens is 1. The van der Waals surface area contributed by atoms with Crippen LogP contribution in [0.1, 0.15) is 46.3 Å². The van der Waals surface area contributed by atoms with Crippen molar-refractivity contribution in [1.29, 1.82) is 0 Å². The first-order valence-electron chi connectivity index (χ1n) is 19.7. The molecule has 0 aliphatic rings. The first-order chi connectivity index (χ1) is 31.5. The zero-order valence-electron chi connectivity index (χ0n) is 35.6. The molecule has 0 radical (unpaired) electrons. The Morgan fingerprint density at radius 2 is 1.64 bits per heavy atom. The van der Waals surface area contributed by atoms with Gasteiger partial charge in [-0.2, -0.15) is 4.72 Å². The second kappa shape index (κ2) is 26.4.